The Kier molecular flexibility index (Phi) is 4.73. The summed E-state index contributed by atoms with van der Waals surface area (Å²) in [5.74, 6) is -0.833. The lowest BCUT2D eigenvalue weighted by Crippen LogP contribution is -2.27. The molecule has 4 nitrogen and oxygen atoms in total. The summed E-state index contributed by atoms with van der Waals surface area (Å²) in [7, 11) is 0. The number of imide groups is 1. The van der Waals surface area contributed by atoms with Gasteiger partial charge >= 0.3 is 0 Å². The van der Waals surface area contributed by atoms with Crippen LogP contribution in [0.3, 0.4) is 0 Å². The van der Waals surface area contributed by atoms with Crippen LogP contribution in [-0.2, 0) is 11.3 Å². The molecule has 0 aliphatic carbocycles. The van der Waals surface area contributed by atoms with Crippen molar-refractivity contribution in [1.29, 1.82) is 0 Å². The third-order valence-electron chi connectivity index (χ3n) is 3.43. The van der Waals surface area contributed by atoms with Crippen LogP contribution in [-0.4, -0.2) is 21.2 Å². The number of nitrogens with zero attached hydrogens (tertiary/aromatic N) is 1. The van der Waals surface area contributed by atoms with Crippen LogP contribution in [0.25, 0.3) is 6.08 Å². The van der Waals surface area contributed by atoms with E-state index in [1.807, 2.05) is 0 Å². The van der Waals surface area contributed by atoms with Crippen molar-refractivity contribution >= 4 is 44.9 Å². The predicted molar refractivity (Wildman–Crippen MR) is 93.7 cm³/mol. The molecule has 1 aliphatic rings. The third-order valence-corrected chi connectivity index (χ3v) is 4.97. The molecule has 1 fully saturated rings. The molecule has 2 aromatic rings. The summed E-state index contributed by atoms with van der Waals surface area (Å²) in [6.07, 6.45) is 1.57. The number of amides is 2. The number of thioether (sulfide) groups is 1. The maximum absolute atomic E-state index is 13.7. The highest BCUT2D eigenvalue weighted by atomic mass is 79.9. The zero-order valence-corrected chi connectivity index (χ0v) is 14.6. The van der Waals surface area contributed by atoms with Crippen LogP contribution in [0.4, 0.5) is 9.18 Å². The van der Waals surface area contributed by atoms with E-state index in [1.165, 1.54) is 12.1 Å². The molecule has 2 aromatic carbocycles. The SMILES string of the molecule is O=C1SC(=Cc2ccc(O)c(Br)c2)C(=O)N1Cc1ccccc1F. The van der Waals surface area contributed by atoms with E-state index in [0.717, 1.165) is 16.7 Å². The van der Waals surface area contributed by atoms with Crippen LogP contribution < -0.4 is 0 Å². The van der Waals surface area contributed by atoms with Crippen molar-refractivity contribution < 1.29 is 19.1 Å². The van der Waals surface area contributed by atoms with E-state index in [0.29, 0.717) is 10.0 Å². The Hall–Kier alpha value is -2.12. The topological polar surface area (TPSA) is 57.6 Å². The lowest BCUT2D eigenvalue weighted by atomic mass is 10.2. The number of phenolic OH excluding ortho intramolecular Hbond substituents is 1. The fourth-order valence-corrected chi connectivity index (χ4v) is 3.43. The van der Waals surface area contributed by atoms with Crippen LogP contribution in [0.2, 0.25) is 0 Å². The van der Waals surface area contributed by atoms with Gasteiger partial charge in [-0.1, -0.05) is 24.3 Å². The van der Waals surface area contributed by atoms with Gasteiger partial charge in [0.1, 0.15) is 11.6 Å². The minimum atomic E-state index is -0.461. The molecule has 1 heterocycles. The molecule has 1 saturated heterocycles. The molecule has 1 aliphatic heterocycles. The zero-order valence-electron chi connectivity index (χ0n) is 12.2. The van der Waals surface area contributed by atoms with Crippen molar-refractivity contribution in [2.24, 2.45) is 0 Å². The molecule has 1 N–H and O–H groups in total. The van der Waals surface area contributed by atoms with E-state index in [1.54, 1.807) is 36.4 Å². The summed E-state index contributed by atoms with van der Waals surface area (Å²) in [6, 6.07) is 10.8. The molecule has 2 amide bonds. The van der Waals surface area contributed by atoms with Gasteiger partial charge < -0.3 is 5.11 Å². The Balaban J connectivity index is 1.84. The molecule has 0 unspecified atom stereocenters. The Morgan fingerprint density at radius 3 is 2.67 bits per heavy atom. The summed E-state index contributed by atoms with van der Waals surface area (Å²) in [4.78, 5) is 25.8. The molecule has 0 saturated carbocycles. The smallest absolute Gasteiger partial charge is 0.293 e. The number of benzene rings is 2. The molecular weight excluding hydrogens is 397 g/mol. The zero-order chi connectivity index (χ0) is 17.3. The number of hydrogen-bond donors (Lipinski definition) is 1. The van der Waals surface area contributed by atoms with Gasteiger partial charge in [-0.15, -0.1) is 0 Å². The standard InChI is InChI=1S/C17H11BrFNO3S/c18-12-7-10(5-6-14(12)21)8-15-16(22)20(17(23)24-15)9-11-3-1-2-4-13(11)19/h1-8,21H,9H2. The van der Waals surface area contributed by atoms with Crippen LogP contribution in [0.15, 0.2) is 51.8 Å². The van der Waals surface area contributed by atoms with Gasteiger partial charge in [-0.25, -0.2) is 4.39 Å². The first kappa shape index (κ1) is 16.7. The number of aromatic hydroxyl groups is 1. The van der Waals surface area contributed by atoms with E-state index in [4.69, 9.17) is 0 Å². The quantitative estimate of drug-likeness (QED) is 0.759. The number of halogens is 2. The molecular formula is C17H11BrFNO3S. The monoisotopic (exact) mass is 407 g/mol. The van der Waals surface area contributed by atoms with Crippen molar-refractivity contribution in [1.82, 2.24) is 4.90 Å². The normalized spacial score (nSPS) is 16.2. The van der Waals surface area contributed by atoms with Gasteiger partial charge in [-0.3, -0.25) is 14.5 Å². The van der Waals surface area contributed by atoms with E-state index >= 15 is 0 Å². The molecule has 0 atom stereocenters. The molecule has 0 radical (unpaired) electrons. The molecule has 0 spiro atoms. The van der Waals surface area contributed by atoms with Crippen LogP contribution >= 0.6 is 27.7 Å². The summed E-state index contributed by atoms with van der Waals surface area (Å²) < 4.78 is 14.2. The van der Waals surface area contributed by atoms with Crippen molar-refractivity contribution in [2.75, 3.05) is 0 Å². The fourth-order valence-electron chi connectivity index (χ4n) is 2.20. The second-order valence-electron chi connectivity index (χ2n) is 5.07. The number of rotatable bonds is 3. The van der Waals surface area contributed by atoms with Gasteiger partial charge in [0.15, 0.2) is 0 Å². The van der Waals surface area contributed by atoms with Crippen molar-refractivity contribution in [3.8, 4) is 5.75 Å². The maximum Gasteiger partial charge on any atom is 0.293 e. The minimum absolute atomic E-state index is 0.0832. The Bertz CT molecular complexity index is 869. The first-order valence-electron chi connectivity index (χ1n) is 6.93. The van der Waals surface area contributed by atoms with Gasteiger partial charge in [-0.2, -0.15) is 0 Å². The molecule has 0 aromatic heterocycles. The number of carbonyl (C=O) groups is 2. The maximum atomic E-state index is 13.7. The van der Waals surface area contributed by atoms with E-state index in [-0.39, 0.29) is 22.8 Å². The first-order chi connectivity index (χ1) is 11.5. The van der Waals surface area contributed by atoms with Crippen molar-refractivity contribution in [3.05, 3.63) is 68.8 Å². The van der Waals surface area contributed by atoms with E-state index < -0.39 is 17.0 Å². The summed E-state index contributed by atoms with van der Waals surface area (Å²) in [5, 5.41) is 9.06. The molecule has 0 bridgehead atoms. The molecule has 24 heavy (non-hydrogen) atoms. The Morgan fingerprint density at radius 2 is 1.96 bits per heavy atom. The van der Waals surface area contributed by atoms with E-state index in [2.05, 4.69) is 15.9 Å². The lowest BCUT2D eigenvalue weighted by Gasteiger charge is -2.12. The second-order valence-corrected chi connectivity index (χ2v) is 6.92. The van der Waals surface area contributed by atoms with Gasteiger partial charge in [0, 0.05) is 5.56 Å². The number of carbonyl (C=O) groups excluding carboxylic acids is 2. The molecule has 3 rings (SSSR count). The first-order valence-corrected chi connectivity index (χ1v) is 8.54. The van der Waals surface area contributed by atoms with Gasteiger partial charge in [0.2, 0.25) is 0 Å². The van der Waals surface area contributed by atoms with E-state index in [9.17, 15) is 19.1 Å². The summed E-state index contributed by atoms with van der Waals surface area (Å²) in [5.41, 5.74) is 0.949. The molecule has 7 heteroatoms. The highest BCUT2D eigenvalue weighted by Gasteiger charge is 2.35. The number of hydrogen-bond acceptors (Lipinski definition) is 4. The van der Waals surface area contributed by atoms with Crippen LogP contribution in [0, 0.1) is 5.82 Å². The highest BCUT2D eigenvalue weighted by molar-refractivity contribution is 9.10. The largest absolute Gasteiger partial charge is 0.507 e. The van der Waals surface area contributed by atoms with Crippen LogP contribution in [0.5, 0.6) is 5.75 Å². The number of phenols is 1. The second kappa shape index (κ2) is 6.78. The van der Waals surface area contributed by atoms with Gasteiger partial charge in [0.25, 0.3) is 11.1 Å². The predicted octanol–water partition coefficient (Wildman–Crippen LogP) is 4.53. The minimum Gasteiger partial charge on any atom is -0.507 e. The fraction of sp³-hybridized carbons (Fsp3) is 0.0588. The summed E-state index contributed by atoms with van der Waals surface area (Å²) in [6.45, 7) is -0.103. The van der Waals surface area contributed by atoms with Crippen molar-refractivity contribution in [2.45, 2.75) is 6.54 Å². The van der Waals surface area contributed by atoms with Crippen LogP contribution in [0.1, 0.15) is 11.1 Å². The Morgan fingerprint density at radius 1 is 1.21 bits per heavy atom. The summed E-state index contributed by atoms with van der Waals surface area (Å²) >= 11 is 4.01. The average molecular weight is 408 g/mol. The van der Waals surface area contributed by atoms with Crippen molar-refractivity contribution in [3.63, 3.8) is 0 Å². The Labute approximate surface area is 150 Å². The lowest BCUT2D eigenvalue weighted by molar-refractivity contribution is -0.123. The third kappa shape index (κ3) is 3.37. The average Bonchev–Trinajstić information content (AvgIpc) is 2.80. The molecule has 122 valence electrons. The van der Waals surface area contributed by atoms with Gasteiger partial charge in [0.05, 0.1) is 15.9 Å². The van der Waals surface area contributed by atoms with Gasteiger partial charge in [-0.05, 0) is 57.5 Å². The highest BCUT2D eigenvalue weighted by Crippen LogP contribution is 2.34.